The Morgan fingerprint density at radius 3 is 2.47 bits per heavy atom. The van der Waals surface area contributed by atoms with E-state index in [4.69, 9.17) is 4.74 Å². The molecule has 32 heavy (non-hydrogen) atoms. The zero-order chi connectivity index (χ0) is 23.3. The van der Waals surface area contributed by atoms with Crippen LogP contribution in [0, 0.1) is 0 Å². The van der Waals surface area contributed by atoms with E-state index in [0.717, 1.165) is 11.3 Å². The van der Waals surface area contributed by atoms with Gasteiger partial charge >= 0.3 is 12.6 Å². The number of halogens is 2. The number of Topliss-reactive ketones (excluding diaryl/α,β-unsaturated/α-hetero) is 1. The van der Waals surface area contributed by atoms with Crippen molar-refractivity contribution in [2.24, 2.45) is 0 Å². The van der Waals surface area contributed by atoms with Crippen LogP contribution in [0.25, 0.3) is 0 Å². The molecule has 0 saturated heterocycles. The van der Waals surface area contributed by atoms with Gasteiger partial charge in [0.2, 0.25) is 11.8 Å². The van der Waals surface area contributed by atoms with Crippen LogP contribution in [0.5, 0.6) is 11.8 Å². The largest absolute Gasteiger partial charge is 0.481 e. The van der Waals surface area contributed by atoms with Gasteiger partial charge in [-0.05, 0) is 36.5 Å². The summed E-state index contributed by atoms with van der Waals surface area (Å²) in [6, 6.07) is 9.68. The molecule has 3 rings (SSSR count). The summed E-state index contributed by atoms with van der Waals surface area (Å²) in [5.74, 6) is -0.0482. The second kappa shape index (κ2) is 10.4. The van der Waals surface area contributed by atoms with E-state index in [1.54, 1.807) is 4.90 Å². The molecule has 7 nitrogen and oxygen atoms in total. The van der Waals surface area contributed by atoms with E-state index in [0.29, 0.717) is 25.7 Å². The summed E-state index contributed by atoms with van der Waals surface area (Å²) >= 11 is 0. The number of hydrogen-bond donors (Lipinski definition) is 1. The number of pyridine rings is 1. The number of ether oxygens (including phenoxy) is 2. The highest BCUT2D eigenvalue weighted by Gasteiger charge is 2.31. The lowest BCUT2D eigenvalue weighted by Gasteiger charge is -2.35. The second-order valence-electron chi connectivity index (χ2n) is 7.87. The van der Waals surface area contributed by atoms with Gasteiger partial charge in [-0.3, -0.25) is 9.69 Å². The normalized spacial score (nSPS) is 14.5. The van der Waals surface area contributed by atoms with Crippen LogP contribution < -0.4 is 19.7 Å². The zero-order valence-corrected chi connectivity index (χ0v) is 18.3. The van der Waals surface area contributed by atoms with Gasteiger partial charge in [-0.2, -0.15) is 13.8 Å². The van der Waals surface area contributed by atoms with Crippen LogP contribution in [0.4, 0.5) is 25.0 Å². The molecular weight excluding hydrogens is 420 g/mol. The smallest absolute Gasteiger partial charge is 0.388 e. The van der Waals surface area contributed by atoms with Crippen molar-refractivity contribution in [2.75, 3.05) is 17.3 Å². The maximum atomic E-state index is 13.5. The Balaban J connectivity index is 1.97. The van der Waals surface area contributed by atoms with Crippen LogP contribution in [-0.2, 0) is 4.79 Å². The second-order valence-corrected chi connectivity index (χ2v) is 7.87. The molecule has 1 fully saturated rings. The SMILES string of the molecule is COc1ccc(NC(=O)N(c2ccccc2C(C)C)C2CCC(=O)CC2)c(OC(F)F)n1. The highest BCUT2D eigenvalue weighted by Crippen LogP contribution is 2.34. The third kappa shape index (κ3) is 5.52. The van der Waals surface area contributed by atoms with Gasteiger partial charge in [0.15, 0.2) is 0 Å². The van der Waals surface area contributed by atoms with E-state index in [-0.39, 0.29) is 29.3 Å². The Hall–Kier alpha value is -3.23. The number of carbonyl (C=O) groups is 2. The number of hydrogen-bond acceptors (Lipinski definition) is 5. The van der Waals surface area contributed by atoms with Crippen LogP contribution in [-0.4, -0.2) is 36.6 Å². The van der Waals surface area contributed by atoms with E-state index >= 15 is 0 Å². The first-order chi connectivity index (χ1) is 15.3. The summed E-state index contributed by atoms with van der Waals surface area (Å²) < 4.78 is 35.3. The lowest BCUT2D eigenvalue weighted by Crippen LogP contribution is -2.45. The number of rotatable bonds is 7. The van der Waals surface area contributed by atoms with Gasteiger partial charge in [-0.15, -0.1) is 0 Å². The highest BCUT2D eigenvalue weighted by atomic mass is 19.3. The Labute approximate surface area is 185 Å². The van der Waals surface area contributed by atoms with Crippen LogP contribution >= 0.6 is 0 Å². The standard InChI is InChI=1S/C23H27F2N3O4/c1-14(2)17-6-4-5-7-19(17)28(15-8-10-16(29)11-9-15)23(30)26-18-12-13-20(31-3)27-21(18)32-22(24)25/h4-7,12-15,22H,8-11H2,1-3H3,(H,26,30). The molecule has 9 heteroatoms. The minimum Gasteiger partial charge on any atom is -0.481 e. The van der Waals surface area contributed by atoms with E-state index in [9.17, 15) is 18.4 Å². The summed E-state index contributed by atoms with van der Waals surface area (Å²) in [6.07, 6.45) is 1.84. The first-order valence-electron chi connectivity index (χ1n) is 10.5. The molecule has 2 aromatic rings. The first kappa shape index (κ1) is 23.4. The van der Waals surface area contributed by atoms with Crippen molar-refractivity contribution in [3.8, 4) is 11.8 Å². The topological polar surface area (TPSA) is 80.8 Å². The number of alkyl halides is 2. The van der Waals surface area contributed by atoms with Crippen molar-refractivity contribution in [1.29, 1.82) is 0 Å². The van der Waals surface area contributed by atoms with Gasteiger partial charge in [0.1, 0.15) is 11.5 Å². The van der Waals surface area contributed by atoms with Gasteiger partial charge in [0.05, 0.1) is 7.11 Å². The lowest BCUT2D eigenvalue weighted by atomic mass is 9.91. The summed E-state index contributed by atoms with van der Waals surface area (Å²) in [6.45, 7) is 0.940. The minimum absolute atomic E-state index is 0.00462. The van der Waals surface area contributed by atoms with E-state index < -0.39 is 18.5 Å². The summed E-state index contributed by atoms with van der Waals surface area (Å²) in [7, 11) is 1.35. The highest BCUT2D eigenvalue weighted by molar-refractivity contribution is 6.03. The molecular formula is C23H27F2N3O4. The number of nitrogens with one attached hydrogen (secondary N) is 1. The van der Waals surface area contributed by atoms with E-state index in [2.05, 4.69) is 15.0 Å². The summed E-state index contributed by atoms with van der Waals surface area (Å²) in [4.78, 5) is 30.8. The molecule has 1 aromatic carbocycles. The third-order valence-corrected chi connectivity index (χ3v) is 5.40. The number of methoxy groups -OCH3 is 1. The predicted molar refractivity (Wildman–Crippen MR) is 117 cm³/mol. The van der Waals surface area contributed by atoms with E-state index in [1.165, 1.54) is 19.2 Å². The molecule has 1 heterocycles. The summed E-state index contributed by atoms with van der Waals surface area (Å²) in [5, 5.41) is 2.67. The third-order valence-electron chi connectivity index (χ3n) is 5.40. The Morgan fingerprint density at radius 1 is 1.16 bits per heavy atom. The van der Waals surface area contributed by atoms with Gasteiger partial charge in [0, 0.05) is 30.6 Å². The van der Waals surface area contributed by atoms with Crippen LogP contribution in [0.1, 0.15) is 51.0 Å². The Bertz CT molecular complexity index is 958. The van der Waals surface area contributed by atoms with Crippen molar-refractivity contribution < 1.29 is 27.8 Å². The van der Waals surface area contributed by atoms with Gasteiger partial charge in [-0.25, -0.2) is 4.79 Å². The Kier molecular flexibility index (Phi) is 7.61. The fourth-order valence-electron chi connectivity index (χ4n) is 3.83. The molecule has 2 amide bonds. The fourth-order valence-corrected chi connectivity index (χ4v) is 3.83. The summed E-state index contributed by atoms with van der Waals surface area (Å²) in [5.41, 5.74) is 1.68. The molecule has 172 valence electrons. The van der Waals surface area contributed by atoms with Crippen molar-refractivity contribution >= 4 is 23.2 Å². The molecule has 0 aliphatic heterocycles. The van der Waals surface area contributed by atoms with Gasteiger partial charge in [-0.1, -0.05) is 32.0 Å². The molecule has 0 atom stereocenters. The number of aromatic nitrogens is 1. The molecule has 1 aliphatic rings. The molecule has 1 N–H and O–H groups in total. The maximum absolute atomic E-state index is 13.5. The van der Waals surface area contributed by atoms with E-state index in [1.807, 2.05) is 38.1 Å². The van der Waals surface area contributed by atoms with Crippen molar-refractivity contribution in [1.82, 2.24) is 4.98 Å². The average molecular weight is 447 g/mol. The minimum atomic E-state index is -3.12. The maximum Gasteiger partial charge on any atom is 0.388 e. The van der Waals surface area contributed by atoms with Crippen LogP contribution in [0.3, 0.4) is 0 Å². The van der Waals surface area contributed by atoms with Crippen molar-refractivity contribution in [2.45, 2.75) is 58.1 Å². The molecule has 0 unspecified atom stereocenters. The molecule has 1 aromatic heterocycles. The van der Waals surface area contributed by atoms with Gasteiger partial charge < -0.3 is 14.8 Å². The molecule has 0 spiro atoms. The number of benzene rings is 1. The average Bonchev–Trinajstić information content (AvgIpc) is 2.76. The number of para-hydroxylation sites is 1. The molecule has 1 saturated carbocycles. The zero-order valence-electron chi connectivity index (χ0n) is 18.3. The number of carbonyl (C=O) groups excluding carboxylic acids is 2. The number of amides is 2. The lowest BCUT2D eigenvalue weighted by molar-refractivity contribution is -0.120. The number of anilines is 2. The quantitative estimate of drug-likeness (QED) is 0.618. The fraction of sp³-hybridized carbons (Fsp3) is 0.435. The monoisotopic (exact) mass is 447 g/mol. The van der Waals surface area contributed by atoms with Crippen LogP contribution in [0.2, 0.25) is 0 Å². The molecule has 1 aliphatic carbocycles. The number of urea groups is 1. The van der Waals surface area contributed by atoms with Crippen LogP contribution in [0.15, 0.2) is 36.4 Å². The van der Waals surface area contributed by atoms with Crippen molar-refractivity contribution in [3.05, 3.63) is 42.0 Å². The van der Waals surface area contributed by atoms with Crippen molar-refractivity contribution in [3.63, 3.8) is 0 Å². The molecule has 0 bridgehead atoms. The predicted octanol–water partition coefficient (Wildman–Crippen LogP) is 5.37. The number of nitrogens with zero attached hydrogens (tertiary/aromatic N) is 2. The van der Waals surface area contributed by atoms with Gasteiger partial charge in [0.25, 0.3) is 0 Å². The number of ketones is 1. The Morgan fingerprint density at radius 2 is 1.84 bits per heavy atom. The molecule has 0 radical (unpaired) electrons. The first-order valence-corrected chi connectivity index (χ1v) is 10.5.